The van der Waals surface area contributed by atoms with Crippen molar-refractivity contribution in [3.63, 3.8) is 0 Å². The lowest BCUT2D eigenvalue weighted by atomic mass is 9.62. The standard InChI is InChI=1S/C26H42O3/c1-18(2)13-16-29-20(4)23-10-11-24-21(7-6-14-25(23,24)5)8-9-22-17-26(27,28)15-12-19(22)3/h8-9,18,20,23-24,27-28H,3,6-7,10-17H2,1-2,4-5H3/b21-8?,22-9-/t20-,23+,24?,25+/m0/s1. The van der Waals surface area contributed by atoms with E-state index in [1.165, 1.54) is 25.7 Å². The maximum atomic E-state index is 10.0. The molecule has 0 amide bonds. The molecule has 0 bridgehead atoms. The van der Waals surface area contributed by atoms with Crippen LogP contribution in [0.15, 0.2) is 35.5 Å². The first-order valence-corrected chi connectivity index (χ1v) is 11.8. The highest BCUT2D eigenvalue weighted by atomic mass is 16.5. The lowest BCUT2D eigenvalue weighted by Crippen LogP contribution is -2.38. The van der Waals surface area contributed by atoms with Crippen molar-refractivity contribution in [2.45, 2.75) is 97.4 Å². The van der Waals surface area contributed by atoms with Crippen LogP contribution in [0.3, 0.4) is 0 Å². The van der Waals surface area contributed by atoms with Gasteiger partial charge in [-0.3, -0.25) is 0 Å². The van der Waals surface area contributed by atoms with E-state index in [1.807, 2.05) is 0 Å². The average molecular weight is 403 g/mol. The molecule has 3 rings (SSSR count). The van der Waals surface area contributed by atoms with Crippen LogP contribution >= 0.6 is 0 Å². The zero-order valence-corrected chi connectivity index (χ0v) is 19.0. The Morgan fingerprint density at radius 3 is 2.62 bits per heavy atom. The SMILES string of the molecule is C=C1CCC(O)(O)C/C1=C/C=C1CCC[C@@]2(C)C1CC[C@@H]2[C@H](C)OCCC(C)C. The van der Waals surface area contributed by atoms with E-state index < -0.39 is 5.79 Å². The number of allylic oxidation sites excluding steroid dienone is 4. The van der Waals surface area contributed by atoms with Gasteiger partial charge in [0.1, 0.15) is 0 Å². The van der Waals surface area contributed by atoms with Crippen LogP contribution < -0.4 is 0 Å². The summed E-state index contributed by atoms with van der Waals surface area (Å²) in [5.41, 5.74) is 3.92. The van der Waals surface area contributed by atoms with Crippen molar-refractivity contribution in [3.05, 3.63) is 35.5 Å². The Morgan fingerprint density at radius 2 is 1.90 bits per heavy atom. The Balaban J connectivity index is 1.71. The number of hydrogen-bond donors (Lipinski definition) is 2. The maximum absolute atomic E-state index is 10.0. The molecule has 0 saturated heterocycles. The number of hydrogen-bond acceptors (Lipinski definition) is 3. The van der Waals surface area contributed by atoms with E-state index in [4.69, 9.17) is 4.74 Å². The molecule has 3 saturated carbocycles. The predicted octanol–water partition coefficient (Wildman–Crippen LogP) is 5.93. The second-order valence-corrected chi connectivity index (χ2v) is 10.6. The molecule has 4 atom stereocenters. The largest absolute Gasteiger partial charge is 0.378 e. The highest BCUT2D eigenvalue weighted by molar-refractivity contribution is 5.36. The van der Waals surface area contributed by atoms with E-state index in [-0.39, 0.29) is 0 Å². The first-order chi connectivity index (χ1) is 13.6. The zero-order valence-electron chi connectivity index (χ0n) is 19.0. The van der Waals surface area contributed by atoms with Gasteiger partial charge in [-0.05, 0) is 80.6 Å². The summed E-state index contributed by atoms with van der Waals surface area (Å²) in [7, 11) is 0. The third kappa shape index (κ3) is 5.24. The molecule has 0 aromatic heterocycles. The van der Waals surface area contributed by atoms with Gasteiger partial charge >= 0.3 is 0 Å². The molecule has 0 aliphatic heterocycles. The maximum Gasteiger partial charge on any atom is 0.166 e. The summed E-state index contributed by atoms with van der Waals surface area (Å²) in [5, 5.41) is 20.1. The highest BCUT2D eigenvalue weighted by Gasteiger charge is 2.51. The van der Waals surface area contributed by atoms with Crippen molar-refractivity contribution in [3.8, 4) is 0 Å². The van der Waals surface area contributed by atoms with Crippen LogP contribution in [-0.4, -0.2) is 28.7 Å². The molecule has 3 nitrogen and oxygen atoms in total. The summed E-state index contributed by atoms with van der Waals surface area (Å²) in [4.78, 5) is 0. The third-order valence-corrected chi connectivity index (χ3v) is 7.93. The smallest absolute Gasteiger partial charge is 0.166 e. The summed E-state index contributed by atoms with van der Waals surface area (Å²) in [5.74, 6) is 0.369. The van der Waals surface area contributed by atoms with Gasteiger partial charge in [0, 0.05) is 19.4 Å². The monoisotopic (exact) mass is 402 g/mol. The van der Waals surface area contributed by atoms with Gasteiger partial charge in [-0.1, -0.05) is 50.6 Å². The Bertz CT molecular complexity index is 657. The summed E-state index contributed by atoms with van der Waals surface area (Å²) in [6.07, 6.45) is 13.4. The summed E-state index contributed by atoms with van der Waals surface area (Å²) in [6, 6.07) is 0. The van der Waals surface area contributed by atoms with Gasteiger partial charge < -0.3 is 14.9 Å². The van der Waals surface area contributed by atoms with E-state index in [0.29, 0.717) is 48.5 Å². The molecule has 0 spiro atoms. The van der Waals surface area contributed by atoms with E-state index >= 15 is 0 Å². The van der Waals surface area contributed by atoms with Gasteiger partial charge in [-0.2, -0.15) is 0 Å². The van der Waals surface area contributed by atoms with Crippen LogP contribution in [0.25, 0.3) is 0 Å². The van der Waals surface area contributed by atoms with E-state index in [2.05, 4.69) is 46.4 Å². The topological polar surface area (TPSA) is 49.7 Å². The van der Waals surface area contributed by atoms with Crippen molar-refractivity contribution in [2.24, 2.45) is 23.2 Å². The molecule has 1 unspecified atom stereocenters. The second kappa shape index (κ2) is 9.08. The Kier molecular flexibility index (Phi) is 7.13. The Morgan fingerprint density at radius 1 is 1.14 bits per heavy atom. The fourth-order valence-electron chi connectivity index (χ4n) is 6.07. The summed E-state index contributed by atoms with van der Waals surface area (Å²) >= 11 is 0. The minimum Gasteiger partial charge on any atom is -0.378 e. The molecule has 0 aromatic carbocycles. The van der Waals surface area contributed by atoms with Crippen LogP contribution in [0.2, 0.25) is 0 Å². The molecule has 0 aromatic rings. The first kappa shape index (κ1) is 22.8. The number of fused-ring (bicyclic) bond motifs is 1. The normalized spacial score (nSPS) is 36.0. The molecule has 0 radical (unpaired) electrons. The van der Waals surface area contributed by atoms with Gasteiger partial charge in [0.15, 0.2) is 5.79 Å². The van der Waals surface area contributed by atoms with Crippen molar-refractivity contribution in [1.82, 2.24) is 0 Å². The van der Waals surface area contributed by atoms with Crippen molar-refractivity contribution in [1.29, 1.82) is 0 Å². The molecule has 3 heteroatoms. The molecular weight excluding hydrogens is 360 g/mol. The number of aliphatic hydroxyl groups is 2. The van der Waals surface area contributed by atoms with Crippen LogP contribution in [0, 0.1) is 23.2 Å². The molecular formula is C26H42O3. The average Bonchev–Trinajstić information content (AvgIpc) is 2.99. The van der Waals surface area contributed by atoms with Gasteiger partial charge in [-0.25, -0.2) is 0 Å². The van der Waals surface area contributed by atoms with Crippen LogP contribution in [-0.2, 0) is 4.74 Å². The van der Waals surface area contributed by atoms with E-state index in [0.717, 1.165) is 30.6 Å². The molecule has 3 aliphatic rings. The molecule has 0 heterocycles. The summed E-state index contributed by atoms with van der Waals surface area (Å²) in [6.45, 7) is 14.3. The van der Waals surface area contributed by atoms with Crippen molar-refractivity contribution < 1.29 is 14.9 Å². The lowest BCUT2D eigenvalue weighted by Gasteiger charge is -2.44. The van der Waals surface area contributed by atoms with Gasteiger partial charge in [0.05, 0.1) is 6.10 Å². The molecule has 3 fully saturated rings. The van der Waals surface area contributed by atoms with E-state index in [1.54, 1.807) is 5.57 Å². The van der Waals surface area contributed by atoms with E-state index in [9.17, 15) is 10.2 Å². The van der Waals surface area contributed by atoms with Crippen LogP contribution in [0.5, 0.6) is 0 Å². The third-order valence-electron chi connectivity index (χ3n) is 7.93. The highest BCUT2D eigenvalue weighted by Crippen LogP contribution is 2.58. The first-order valence-electron chi connectivity index (χ1n) is 11.8. The Labute approximate surface area is 177 Å². The van der Waals surface area contributed by atoms with Crippen LogP contribution in [0.1, 0.15) is 85.5 Å². The number of ether oxygens (including phenoxy) is 1. The van der Waals surface area contributed by atoms with Crippen molar-refractivity contribution >= 4 is 0 Å². The number of rotatable bonds is 6. The second-order valence-electron chi connectivity index (χ2n) is 10.6. The molecule has 29 heavy (non-hydrogen) atoms. The minimum atomic E-state index is -1.58. The minimum absolute atomic E-state index is 0.293. The summed E-state index contributed by atoms with van der Waals surface area (Å²) < 4.78 is 6.28. The molecule has 2 N–H and O–H groups in total. The Hall–Kier alpha value is -0.900. The predicted molar refractivity (Wildman–Crippen MR) is 119 cm³/mol. The van der Waals surface area contributed by atoms with Gasteiger partial charge in [0.2, 0.25) is 0 Å². The quantitative estimate of drug-likeness (QED) is 0.542. The molecule has 3 aliphatic carbocycles. The van der Waals surface area contributed by atoms with Crippen LogP contribution in [0.4, 0.5) is 0 Å². The van der Waals surface area contributed by atoms with Gasteiger partial charge in [-0.15, -0.1) is 0 Å². The zero-order chi connectivity index (χ0) is 21.2. The van der Waals surface area contributed by atoms with Gasteiger partial charge in [0.25, 0.3) is 0 Å². The fraction of sp³-hybridized carbons (Fsp3) is 0.769. The lowest BCUT2D eigenvalue weighted by molar-refractivity contribution is -0.166. The molecule has 164 valence electrons. The fourth-order valence-corrected chi connectivity index (χ4v) is 6.07. The van der Waals surface area contributed by atoms with Crippen molar-refractivity contribution in [2.75, 3.05) is 6.61 Å².